The second kappa shape index (κ2) is 8.83. The second-order valence-corrected chi connectivity index (χ2v) is 10.6. The van der Waals surface area contributed by atoms with Gasteiger partial charge in [-0.25, -0.2) is 8.42 Å². The number of nitrogens with zero attached hydrogens (tertiary/aromatic N) is 2. The highest BCUT2D eigenvalue weighted by Gasteiger charge is 2.31. The summed E-state index contributed by atoms with van der Waals surface area (Å²) in [4.78, 5) is 16.4. The van der Waals surface area contributed by atoms with E-state index in [4.69, 9.17) is 0 Å². The number of amides is 1. The number of hydrogen-bond donors (Lipinski definition) is 1. The van der Waals surface area contributed by atoms with Gasteiger partial charge in [0.15, 0.2) is 0 Å². The number of thiophene rings is 2. The summed E-state index contributed by atoms with van der Waals surface area (Å²) >= 11 is 2.82. The minimum Gasteiger partial charge on any atom is -0.349 e. The van der Waals surface area contributed by atoms with Crippen LogP contribution in [-0.4, -0.2) is 57.3 Å². The van der Waals surface area contributed by atoms with E-state index in [1.807, 2.05) is 36.5 Å². The Balaban J connectivity index is 1.74. The molecule has 148 valence electrons. The standard InChI is InChI=1S/C18H25N3O3S3/c1-20(2)14(15-7-6-11-25-15)13-19-18(22)17-16(8-12-26-17)27(23,24)21-9-4-3-5-10-21/h6-8,11-12,14H,3-5,9-10,13H2,1-2H3,(H,19,22). The maximum absolute atomic E-state index is 13.0. The van der Waals surface area contributed by atoms with E-state index in [1.165, 1.54) is 15.6 Å². The quantitative estimate of drug-likeness (QED) is 0.737. The Morgan fingerprint density at radius 2 is 1.93 bits per heavy atom. The van der Waals surface area contributed by atoms with E-state index in [9.17, 15) is 13.2 Å². The summed E-state index contributed by atoms with van der Waals surface area (Å²) in [7, 11) is 0.314. The summed E-state index contributed by atoms with van der Waals surface area (Å²) in [6.45, 7) is 1.48. The van der Waals surface area contributed by atoms with Crippen molar-refractivity contribution in [3.63, 3.8) is 0 Å². The molecule has 0 spiro atoms. The fraction of sp³-hybridized carbons (Fsp3) is 0.500. The highest BCUT2D eigenvalue weighted by Crippen LogP contribution is 2.28. The molecule has 3 heterocycles. The summed E-state index contributed by atoms with van der Waals surface area (Å²) in [5, 5.41) is 6.61. The van der Waals surface area contributed by atoms with Crippen LogP contribution in [0, 0.1) is 0 Å². The fourth-order valence-corrected chi connectivity index (χ4v) is 6.96. The molecular weight excluding hydrogens is 402 g/mol. The second-order valence-electron chi connectivity index (χ2n) is 6.78. The molecule has 1 atom stereocenters. The largest absolute Gasteiger partial charge is 0.349 e. The van der Waals surface area contributed by atoms with Crippen molar-refractivity contribution in [1.82, 2.24) is 14.5 Å². The molecular formula is C18H25N3O3S3. The van der Waals surface area contributed by atoms with Gasteiger partial charge in [-0.2, -0.15) is 4.31 Å². The number of rotatable bonds is 7. The van der Waals surface area contributed by atoms with Gasteiger partial charge in [0.1, 0.15) is 9.77 Å². The molecule has 1 unspecified atom stereocenters. The van der Waals surface area contributed by atoms with Gasteiger partial charge >= 0.3 is 0 Å². The van der Waals surface area contributed by atoms with Crippen molar-refractivity contribution in [3.8, 4) is 0 Å². The van der Waals surface area contributed by atoms with Crippen molar-refractivity contribution in [2.24, 2.45) is 0 Å². The molecule has 0 saturated carbocycles. The zero-order chi connectivity index (χ0) is 19.4. The number of carbonyl (C=O) groups excluding carboxylic acids is 1. The average molecular weight is 428 g/mol. The van der Waals surface area contributed by atoms with Crippen molar-refractivity contribution in [2.45, 2.75) is 30.2 Å². The Morgan fingerprint density at radius 3 is 2.56 bits per heavy atom. The predicted molar refractivity (Wildman–Crippen MR) is 110 cm³/mol. The van der Waals surface area contributed by atoms with Gasteiger partial charge in [0.05, 0.1) is 6.04 Å². The van der Waals surface area contributed by atoms with E-state index < -0.39 is 10.0 Å². The number of likely N-dealkylation sites (N-methyl/N-ethyl adjacent to an activating group) is 1. The SMILES string of the molecule is CN(C)C(CNC(=O)c1sccc1S(=O)(=O)N1CCCCC1)c1cccs1. The fourth-order valence-electron chi connectivity index (χ4n) is 3.20. The van der Waals surface area contributed by atoms with Gasteiger partial charge in [-0.1, -0.05) is 12.5 Å². The molecule has 1 fully saturated rings. The van der Waals surface area contributed by atoms with Crippen LogP contribution < -0.4 is 5.32 Å². The summed E-state index contributed by atoms with van der Waals surface area (Å²) in [5.41, 5.74) is 0. The molecule has 2 aromatic heterocycles. The molecule has 1 amide bonds. The summed E-state index contributed by atoms with van der Waals surface area (Å²) in [6.07, 6.45) is 2.80. The third-order valence-electron chi connectivity index (χ3n) is 4.72. The number of piperidine rings is 1. The molecule has 2 aromatic rings. The topological polar surface area (TPSA) is 69.7 Å². The first kappa shape index (κ1) is 20.5. The number of carbonyl (C=O) groups is 1. The predicted octanol–water partition coefficient (Wildman–Crippen LogP) is 3.02. The van der Waals surface area contributed by atoms with Crippen LogP contribution >= 0.6 is 22.7 Å². The molecule has 0 aliphatic carbocycles. The molecule has 0 bridgehead atoms. The van der Waals surface area contributed by atoms with Crippen molar-refractivity contribution < 1.29 is 13.2 Å². The monoisotopic (exact) mass is 427 g/mol. The number of hydrogen-bond acceptors (Lipinski definition) is 6. The average Bonchev–Trinajstić information content (AvgIpc) is 3.34. The van der Waals surface area contributed by atoms with E-state index >= 15 is 0 Å². The molecule has 1 N–H and O–H groups in total. The molecule has 1 saturated heterocycles. The van der Waals surface area contributed by atoms with Crippen LogP contribution in [0.5, 0.6) is 0 Å². The van der Waals surface area contributed by atoms with Gasteiger partial charge in [-0.15, -0.1) is 22.7 Å². The zero-order valence-electron chi connectivity index (χ0n) is 15.6. The maximum Gasteiger partial charge on any atom is 0.262 e. The van der Waals surface area contributed by atoms with Crippen LogP contribution in [0.3, 0.4) is 0 Å². The molecule has 3 rings (SSSR count). The van der Waals surface area contributed by atoms with Crippen LogP contribution in [0.2, 0.25) is 0 Å². The molecule has 9 heteroatoms. The van der Waals surface area contributed by atoms with Crippen LogP contribution in [0.4, 0.5) is 0 Å². The minimum atomic E-state index is -3.62. The van der Waals surface area contributed by atoms with Crippen LogP contribution in [0.25, 0.3) is 0 Å². The molecule has 27 heavy (non-hydrogen) atoms. The van der Waals surface area contributed by atoms with E-state index in [0.717, 1.165) is 24.1 Å². The summed E-state index contributed by atoms with van der Waals surface area (Å²) in [6, 6.07) is 5.63. The summed E-state index contributed by atoms with van der Waals surface area (Å²) < 4.78 is 27.4. The number of sulfonamides is 1. The minimum absolute atomic E-state index is 0.0519. The normalized spacial score (nSPS) is 17.1. The Hall–Kier alpha value is -1.26. The molecule has 0 aromatic carbocycles. The van der Waals surface area contributed by atoms with Gasteiger partial charge in [-0.3, -0.25) is 4.79 Å². The molecule has 0 radical (unpaired) electrons. The zero-order valence-corrected chi connectivity index (χ0v) is 18.0. The number of nitrogens with one attached hydrogen (secondary N) is 1. The first-order chi connectivity index (χ1) is 12.9. The third-order valence-corrected chi connectivity index (χ3v) is 8.68. The van der Waals surface area contributed by atoms with Gasteiger partial charge in [0, 0.05) is 24.5 Å². The van der Waals surface area contributed by atoms with Crippen molar-refractivity contribution in [2.75, 3.05) is 33.7 Å². The van der Waals surface area contributed by atoms with E-state index in [1.54, 1.807) is 22.8 Å². The third kappa shape index (κ3) is 4.60. The van der Waals surface area contributed by atoms with Gasteiger partial charge < -0.3 is 10.2 Å². The van der Waals surface area contributed by atoms with Crippen LogP contribution in [0.15, 0.2) is 33.9 Å². The lowest BCUT2D eigenvalue weighted by molar-refractivity contribution is 0.0943. The lowest BCUT2D eigenvalue weighted by atomic mass is 10.2. The molecule has 6 nitrogen and oxygen atoms in total. The van der Waals surface area contributed by atoms with E-state index in [-0.39, 0.29) is 21.7 Å². The van der Waals surface area contributed by atoms with Gasteiger partial charge in [-0.05, 0) is 49.8 Å². The Kier molecular flexibility index (Phi) is 6.69. The highest BCUT2D eigenvalue weighted by molar-refractivity contribution is 7.89. The van der Waals surface area contributed by atoms with E-state index in [2.05, 4.69) is 5.32 Å². The van der Waals surface area contributed by atoms with Gasteiger partial charge in [0.2, 0.25) is 10.0 Å². The maximum atomic E-state index is 13.0. The van der Waals surface area contributed by atoms with Crippen molar-refractivity contribution >= 4 is 38.6 Å². The van der Waals surface area contributed by atoms with Crippen molar-refractivity contribution in [1.29, 1.82) is 0 Å². The van der Waals surface area contributed by atoms with Crippen molar-refractivity contribution in [3.05, 3.63) is 38.7 Å². The lowest BCUT2D eigenvalue weighted by Crippen LogP contribution is -2.37. The Morgan fingerprint density at radius 1 is 1.19 bits per heavy atom. The molecule has 1 aliphatic heterocycles. The van der Waals surface area contributed by atoms with Gasteiger partial charge in [0.25, 0.3) is 5.91 Å². The summed E-state index contributed by atoms with van der Waals surface area (Å²) in [5.74, 6) is -0.330. The Bertz CT molecular complexity index is 854. The first-order valence-corrected chi connectivity index (χ1v) is 12.2. The first-order valence-electron chi connectivity index (χ1n) is 8.97. The lowest BCUT2D eigenvalue weighted by Gasteiger charge is -2.26. The highest BCUT2D eigenvalue weighted by atomic mass is 32.2. The molecule has 1 aliphatic rings. The van der Waals surface area contributed by atoms with Crippen LogP contribution in [-0.2, 0) is 10.0 Å². The van der Waals surface area contributed by atoms with E-state index in [0.29, 0.717) is 19.6 Å². The Labute approximate surface area is 168 Å². The smallest absolute Gasteiger partial charge is 0.262 e. The van der Waals surface area contributed by atoms with Crippen LogP contribution in [0.1, 0.15) is 39.9 Å².